The number of rotatable bonds is 3. The molecule has 4 nitrogen and oxygen atoms in total. The van der Waals surface area contributed by atoms with E-state index in [2.05, 4.69) is 9.80 Å². The summed E-state index contributed by atoms with van der Waals surface area (Å²) in [5.41, 5.74) is 0.698. The molecule has 1 unspecified atom stereocenters. The minimum absolute atomic E-state index is 0.0416. The van der Waals surface area contributed by atoms with Crippen molar-refractivity contribution in [2.45, 2.75) is 6.10 Å². The lowest BCUT2D eigenvalue weighted by Crippen LogP contribution is -2.50. The molecule has 0 saturated carbocycles. The van der Waals surface area contributed by atoms with Crippen molar-refractivity contribution < 1.29 is 13.9 Å². The summed E-state index contributed by atoms with van der Waals surface area (Å²) in [6.07, 6.45) is 0.0416. The van der Waals surface area contributed by atoms with Crippen LogP contribution in [-0.4, -0.2) is 50.3 Å². The molecule has 2 aromatic rings. The minimum atomic E-state index is -0.147. The molecule has 4 rings (SSSR count). The molecule has 0 amide bonds. The normalized spacial score (nSPS) is 20.9. The van der Waals surface area contributed by atoms with Gasteiger partial charge in [0, 0.05) is 32.7 Å². The Hall–Kier alpha value is -2.27. The first-order valence-electron chi connectivity index (χ1n) is 8.40. The molecular weight excluding hydrogens is 307 g/mol. The second-order valence-electron chi connectivity index (χ2n) is 6.24. The van der Waals surface area contributed by atoms with Gasteiger partial charge in [-0.25, -0.2) is 4.39 Å². The fraction of sp³-hybridized carbons (Fsp3) is 0.368. The van der Waals surface area contributed by atoms with Crippen molar-refractivity contribution in [2.24, 2.45) is 0 Å². The van der Waals surface area contributed by atoms with E-state index >= 15 is 0 Å². The molecule has 0 N–H and O–H groups in total. The predicted octanol–water partition coefficient (Wildman–Crippen LogP) is 2.79. The van der Waals surface area contributed by atoms with Gasteiger partial charge in [-0.3, -0.25) is 4.90 Å². The molecule has 2 aliphatic heterocycles. The summed E-state index contributed by atoms with van der Waals surface area (Å²) in [5.74, 6) is 1.49. The van der Waals surface area contributed by atoms with Crippen LogP contribution in [0.3, 0.4) is 0 Å². The standard InChI is InChI=1S/C19H21FN2O2/c20-16-5-1-2-6-17(16)22-11-9-21(10-12-22)13-15-14-23-18-7-3-4-8-19(18)24-15/h1-8,15H,9-14H2. The average Bonchev–Trinajstić information content (AvgIpc) is 2.63. The Morgan fingerprint density at radius 1 is 0.917 bits per heavy atom. The summed E-state index contributed by atoms with van der Waals surface area (Å²) in [7, 11) is 0. The maximum absolute atomic E-state index is 13.9. The maximum Gasteiger partial charge on any atom is 0.161 e. The highest BCUT2D eigenvalue weighted by Gasteiger charge is 2.25. The van der Waals surface area contributed by atoms with Crippen LogP contribution in [0.4, 0.5) is 10.1 Å². The highest BCUT2D eigenvalue weighted by molar-refractivity contribution is 5.48. The van der Waals surface area contributed by atoms with Gasteiger partial charge < -0.3 is 14.4 Å². The SMILES string of the molecule is Fc1ccccc1N1CCN(CC2COc3ccccc3O2)CC1. The summed E-state index contributed by atoms with van der Waals surface area (Å²) in [6, 6.07) is 14.8. The molecule has 0 radical (unpaired) electrons. The first-order chi connectivity index (χ1) is 11.8. The maximum atomic E-state index is 13.9. The van der Waals surface area contributed by atoms with E-state index in [1.165, 1.54) is 6.07 Å². The highest BCUT2D eigenvalue weighted by atomic mass is 19.1. The Morgan fingerprint density at radius 3 is 2.42 bits per heavy atom. The summed E-state index contributed by atoms with van der Waals surface area (Å²) < 4.78 is 25.7. The monoisotopic (exact) mass is 328 g/mol. The van der Waals surface area contributed by atoms with Crippen molar-refractivity contribution in [1.82, 2.24) is 4.90 Å². The summed E-state index contributed by atoms with van der Waals surface area (Å²) >= 11 is 0. The van der Waals surface area contributed by atoms with Gasteiger partial charge in [0.05, 0.1) is 5.69 Å². The number of para-hydroxylation sites is 3. The molecule has 1 atom stereocenters. The van der Waals surface area contributed by atoms with E-state index in [1.54, 1.807) is 6.07 Å². The number of fused-ring (bicyclic) bond motifs is 1. The van der Waals surface area contributed by atoms with Crippen molar-refractivity contribution in [3.8, 4) is 11.5 Å². The zero-order valence-electron chi connectivity index (χ0n) is 13.5. The van der Waals surface area contributed by atoms with Gasteiger partial charge >= 0.3 is 0 Å². The van der Waals surface area contributed by atoms with Gasteiger partial charge in [0.15, 0.2) is 11.5 Å². The second-order valence-corrected chi connectivity index (χ2v) is 6.24. The lowest BCUT2D eigenvalue weighted by atomic mass is 10.2. The quantitative estimate of drug-likeness (QED) is 0.865. The summed E-state index contributed by atoms with van der Waals surface area (Å²) in [5, 5.41) is 0. The number of halogens is 1. The molecule has 2 aromatic carbocycles. The van der Waals surface area contributed by atoms with Crippen LogP contribution in [0.1, 0.15) is 0 Å². The van der Waals surface area contributed by atoms with Gasteiger partial charge in [0.25, 0.3) is 0 Å². The number of benzene rings is 2. The van der Waals surface area contributed by atoms with Crippen LogP contribution in [0.2, 0.25) is 0 Å². The molecule has 0 bridgehead atoms. The predicted molar refractivity (Wildman–Crippen MR) is 91.4 cm³/mol. The second kappa shape index (κ2) is 6.69. The van der Waals surface area contributed by atoms with E-state index in [0.29, 0.717) is 12.3 Å². The number of nitrogens with zero attached hydrogens (tertiary/aromatic N) is 2. The highest BCUT2D eigenvalue weighted by Crippen LogP contribution is 2.31. The topological polar surface area (TPSA) is 24.9 Å². The van der Waals surface area contributed by atoms with Gasteiger partial charge in [-0.05, 0) is 24.3 Å². The van der Waals surface area contributed by atoms with E-state index in [1.807, 2.05) is 36.4 Å². The summed E-state index contributed by atoms with van der Waals surface area (Å²) in [4.78, 5) is 4.47. The van der Waals surface area contributed by atoms with Gasteiger partial charge in [0.2, 0.25) is 0 Å². The van der Waals surface area contributed by atoms with Gasteiger partial charge in [0.1, 0.15) is 18.5 Å². The molecule has 2 heterocycles. The summed E-state index contributed by atoms with van der Waals surface area (Å²) in [6.45, 7) is 4.85. The van der Waals surface area contributed by atoms with Crippen molar-refractivity contribution in [1.29, 1.82) is 0 Å². The van der Waals surface area contributed by atoms with Crippen molar-refractivity contribution in [2.75, 3.05) is 44.2 Å². The van der Waals surface area contributed by atoms with E-state index in [4.69, 9.17) is 9.47 Å². The lowest BCUT2D eigenvalue weighted by Gasteiger charge is -2.38. The Balaban J connectivity index is 1.32. The fourth-order valence-corrected chi connectivity index (χ4v) is 3.32. The number of ether oxygens (including phenoxy) is 2. The van der Waals surface area contributed by atoms with Crippen LogP contribution in [-0.2, 0) is 0 Å². The molecule has 2 aliphatic rings. The van der Waals surface area contributed by atoms with Gasteiger partial charge in [-0.15, -0.1) is 0 Å². The van der Waals surface area contributed by atoms with Crippen LogP contribution in [0.25, 0.3) is 0 Å². The Labute approximate surface area is 141 Å². The van der Waals surface area contributed by atoms with Crippen LogP contribution >= 0.6 is 0 Å². The zero-order valence-corrected chi connectivity index (χ0v) is 13.5. The number of piperazine rings is 1. The molecule has 0 spiro atoms. The van der Waals surface area contributed by atoms with Crippen LogP contribution < -0.4 is 14.4 Å². The smallest absolute Gasteiger partial charge is 0.161 e. The third-order valence-corrected chi connectivity index (χ3v) is 4.59. The first-order valence-corrected chi connectivity index (χ1v) is 8.40. The van der Waals surface area contributed by atoms with Gasteiger partial charge in [-0.2, -0.15) is 0 Å². The molecule has 1 fully saturated rings. The van der Waals surface area contributed by atoms with Crippen LogP contribution in [0, 0.1) is 5.82 Å². The molecule has 0 aliphatic carbocycles. The molecule has 1 saturated heterocycles. The van der Waals surface area contributed by atoms with Crippen LogP contribution in [0.15, 0.2) is 48.5 Å². The molecule has 5 heteroatoms. The average molecular weight is 328 g/mol. The minimum Gasteiger partial charge on any atom is -0.486 e. The van der Waals surface area contributed by atoms with Crippen molar-refractivity contribution in [3.63, 3.8) is 0 Å². The fourth-order valence-electron chi connectivity index (χ4n) is 3.32. The lowest BCUT2D eigenvalue weighted by molar-refractivity contribution is 0.0571. The number of hydrogen-bond donors (Lipinski definition) is 0. The third-order valence-electron chi connectivity index (χ3n) is 4.59. The van der Waals surface area contributed by atoms with E-state index in [-0.39, 0.29) is 11.9 Å². The van der Waals surface area contributed by atoms with Crippen molar-refractivity contribution in [3.05, 3.63) is 54.3 Å². The van der Waals surface area contributed by atoms with Crippen LogP contribution in [0.5, 0.6) is 11.5 Å². The zero-order chi connectivity index (χ0) is 16.4. The number of anilines is 1. The Kier molecular flexibility index (Phi) is 4.26. The Morgan fingerprint density at radius 2 is 1.62 bits per heavy atom. The van der Waals surface area contributed by atoms with Crippen molar-refractivity contribution >= 4 is 5.69 Å². The largest absolute Gasteiger partial charge is 0.486 e. The molecule has 24 heavy (non-hydrogen) atoms. The molecule has 0 aromatic heterocycles. The molecule has 126 valence electrons. The third kappa shape index (κ3) is 3.17. The van der Waals surface area contributed by atoms with E-state index in [0.717, 1.165) is 44.2 Å². The number of hydrogen-bond acceptors (Lipinski definition) is 4. The van der Waals surface area contributed by atoms with Gasteiger partial charge in [-0.1, -0.05) is 24.3 Å². The first kappa shape index (κ1) is 15.3. The van der Waals surface area contributed by atoms with E-state index in [9.17, 15) is 4.39 Å². The Bertz CT molecular complexity index is 701. The molecular formula is C19H21FN2O2. The van der Waals surface area contributed by atoms with E-state index < -0.39 is 0 Å².